The zero-order valence-corrected chi connectivity index (χ0v) is 15.9. The van der Waals surface area contributed by atoms with Crippen LogP contribution in [0.2, 0.25) is 0 Å². The highest BCUT2D eigenvalue weighted by molar-refractivity contribution is 7.92. The van der Waals surface area contributed by atoms with Crippen molar-refractivity contribution in [3.05, 3.63) is 65.2 Å². The molecule has 0 heterocycles. The summed E-state index contributed by atoms with van der Waals surface area (Å²) in [5.74, 6) is -5.28. The number of carbonyl (C=O) groups is 2. The molecule has 0 saturated heterocycles. The first-order chi connectivity index (χ1) is 13.8. The number of hydrogen-bond acceptors (Lipinski definition) is 4. The van der Waals surface area contributed by atoms with Gasteiger partial charge in [-0.15, -0.1) is 0 Å². The Bertz CT molecular complexity index is 1060. The van der Waals surface area contributed by atoms with Gasteiger partial charge in [0.15, 0.2) is 0 Å². The molecule has 2 N–H and O–H groups in total. The van der Waals surface area contributed by atoms with E-state index in [4.69, 9.17) is 0 Å². The molecule has 0 aromatic heterocycles. The molecule has 7 nitrogen and oxygen atoms in total. The van der Waals surface area contributed by atoms with Gasteiger partial charge in [0, 0.05) is 11.1 Å². The van der Waals surface area contributed by atoms with Crippen molar-refractivity contribution in [3.8, 4) is 0 Å². The minimum atomic E-state index is -5.22. The molecule has 162 valence electrons. The molecule has 2 amide bonds. The Hall–Kier alpha value is -3.22. The molecule has 0 unspecified atom stereocenters. The van der Waals surface area contributed by atoms with Crippen LogP contribution in [0.3, 0.4) is 0 Å². The molecule has 13 heteroatoms. The SMILES string of the molecule is CS(=O)(=O)N(Cc1ccc(C(=O)NNC(=O)C(F)(F)F)cc1F)c1ccc(F)cc1. The molecule has 0 spiro atoms. The number of nitrogens with one attached hydrogen (secondary N) is 2. The smallest absolute Gasteiger partial charge is 0.267 e. The minimum Gasteiger partial charge on any atom is -0.267 e. The van der Waals surface area contributed by atoms with Gasteiger partial charge in [0.25, 0.3) is 5.91 Å². The number of rotatable bonds is 5. The van der Waals surface area contributed by atoms with Gasteiger partial charge in [0.1, 0.15) is 11.6 Å². The predicted molar refractivity (Wildman–Crippen MR) is 95.5 cm³/mol. The Kier molecular flexibility index (Phi) is 6.65. The second-order valence-electron chi connectivity index (χ2n) is 5.96. The predicted octanol–water partition coefficient (Wildman–Crippen LogP) is 2.25. The van der Waals surface area contributed by atoms with E-state index in [-0.39, 0.29) is 11.3 Å². The molecule has 2 aromatic rings. The van der Waals surface area contributed by atoms with Crippen molar-refractivity contribution < 1.29 is 40.0 Å². The molecule has 0 aliphatic carbocycles. The van der Waals surface area contributed by atoms with E-state index in [1.807, 2.05) is 0 Å². The lowest BCUT2D eigenvalue weighted by Crippen LogP contribution is -2.47. The Labute approximate surface area is 167 Å². The topological polar surface area (TPSA) is 95.6 Å². The summed E-state index contributed by atoms with van der Waals surface area (Å²) < 4.78 is 88.7. The van der Waals surface area contributed by atoms with Gasteiger partial charge in [-0.05, 0) is 36.4 Å². The summed E-state index contributed by atoms with van der Waals surface area (Å²) in [6, 6.07) is 7.14. The van der Waals surface area contributed by atoms with E-state index in [0.717, 1.165) is 40.3 Å². The number of anilines is 1. The van der Waals surface area contributed by atoms with Crippen LogP contribution in [-0.2, 0) is 21.4 Å². The number of amides is 2. The van der Waals surface area contributed by atoms with Crippen molar-refractivity contribution in [3.63, 3.8) is 0 Å². The second kappa shape index (κ2) is 8.65. The van der Waals surface area contributed by atoms with Crippen LogP contribution in [0.4, 0.5) is 27.6 Å². The molecule has 0 bridgehead atoms. The summed E-state index contributed by atoms with van der Waals surface area (Å²) in [7, 11) is -3.89. The lowest BCUT2D eigenvalue weighted by molar-refractivity contribution is -0.174. The van der Waals surface area contributed by atoms with E-state index in [2.05, 4.69) is 0 Å². The van der Waals surface area contributed by atoms with Crippen molar-refractivity contribution in [2.45, 2.75) is 12.7 Å². The third-order valence-corrected chi connectivity index (χ3v) is 4.83. The maximum atomic E-state index is 14.4. The Morgan fingerprint density at radius 3 is 2.10 bits per heavy atom. The number of alkyl halides is 3. The van der Waals surface area contributed by atoms with Crippen LogP contribution in [0.25, 0.3) is 0 Å². The summed E-state index contributed by atoms with van der Waals surface area (Å²) in [5.41, 5.74) is 2.08. The molecule has 2 aromatic carbocycles. The van der Waals surface area contributed by atoms with Crippen molar-refractivity contribution in [1.29, 1.82) is 0 Å². The van der Waals surface area contributed by atoms with Crippen LogP contribution in [0.1, 0.15) is 15.9 Å². The third-order valence-electron chi connectivity index (χ3n) is 3.69. The Morgan fingerprint density at radius 2 is 1.60 bits per heavy atom. The first kappa shape index (κ1) is 23.1. The van der Waals surface area contributed by atoms with Crippen molar-refractivity contribution in [1.82, 2.24) is 10.9 Å². The molecule has 0 saturated carbocycles. The number of sulfonamides is 1. The lowest BCUT2D eigenvalue weighted by Gasteiger charge is -2.23. The number of hydrazine groups is 1. The van der Waals surface area contributed by atoms with Crippen LogP contribution in [0.15, 0.2) is 42.5 Å². The summed E-state index contributed by atoms with van der Waals surface area (Å²) in [6.45, 7) is -0.497. The quantitative estimate of drug-likeness (QED) is 0.539. The van der Waals surface area contributed by atoms with E-state index in [1.54, 1.807) is 0 Å². The van der Waals surface area contributed by atoms with Crippen LogP contribution >= 0.6 is 0 Å². The molecular formula is C17H14F5N3O4S. The van der Waals surface area contributed by atoms with Crippen molar-refractivity contribution in [2.24, 2.45) is 0 Å². The standard InChI is InChI=1S/C17H14F5N3O4S/c1-30(28,29)25(13-6-4-12(18)5-7-13)9-11-3-2-10(8-14(11)19)15(26)23-24-16(27)17(20,21)22/h2-8H,9H2,1H3,(H,23,26)(H,24,27). The lowest BCUT2D eigenvalue weighted by atomic mass is 10.1. The molecule has 2 rings (SSSR count). The summed E-state index contributed by atoms with van der Waals surface area (Å²) >= 11 is 0. The molecule has 0 fully saturated rings. The van der Waals surface area contributed by atoms with E-state index in [1.165, 1.54) is 17.6 Å². The fourth-order valence-electron chi connectivity index (χ4n) is 2.24. The van der Waals surface area contributed by atoms with Crippen LogP contribution in [-0.4, -0.2) is 32.7 Å². The summed E-state index contributed by atoms with van der Waals surface area (Å²) in [6.07, 6.45) is -4.36. The highest BCUT2D eigenvalue weighted by Gasteiger charge is 2.39. The van der Waals surface area contributed by atoms with Crippen molar-refractivity contribution in [2.75, 3.05) is 10.6 Å². The maximum Gasteiger partial charge on any atom is 0.472 e. The molecule has 0 aliphatic rings. The zero-order valence-electron chi connectivity index (χ0n) is 15.1. The zero-order chi connectivity index (χ0) is 22.7. The minimum absolute atomic E-state index is 0.0648. The first-order valence-electron chi connectivity index (χ1n) is 7.98. The van der Waals surface area contributed by atoms with Crippen LogP contribution in [0, 0.1) is 11.6 Å². The Morgan fingerprint density at radius 1 is 1.00 bits per heavy atom. The molecular weight excluding hydrogens is 437 g/mol. The van der Waals surface area contributed by atoms with E-state index in [0.29, 0.717) is 6.07 Å². The highest BCUT2D eigenvalue weighted by Crippen LogP contribution is 2.22. The van der Waals surface area contributed by atoms with Gasteiger partial charge >= 0.3 is 12.1 Å². The number of hydrogen-bond donors (Lipinski definition) is 2. The summed E-state index contributed by atoms with van der Waals surface area (Å²) in [4.78, 5) is 22.5. The largest absolute Gasteiger partial charge is 0.472 e. The average molecular weight is 451 g/mol. The summed E-state index contributed by atoms with van der Waals surface area (Å²) in [5, 5.41) is 0. The van der Waals surface area contributed by atoms with E-state index < -0.39 is 51.8 Å². The molecule has 0 atom stereocenters. The average Bonchev–Trinajstić information content (AvgIpc) is 2.64. The number of carbonyl (C=O) groups excluding carboxylic acids is 2. The van der Waals surface area contributed by atoms with Gasteiger partial charge in [0.05, 0.1) is 18.5 Å². The van der Waals surface area contributed by atoms with Gasteiger partial charge in [-0.3, -0.25) is 24.7 Å². The fraction of sp³-hybridized carbons (Fsp3) is 0.176. The van der Waals surface area contributed by atoms with E-state index >= 15 is 0 Å². The van der Waals surface area contributed by atoms with Gasteiger partial charge in [-0.1, -0.05) is 6.07 Å². The number of benzene rings is 2. The highest BCUT2D eigenvalue weighted by atomic mass is 32.2. The number of halogens is 5. The molecule has 30 heavy (non-hydrogen) atoms. The van der Waals surface area contributed by atoms with E-state index in [9.17, 15) is 40.0 Å². The Balaban J connectivity index is 2.20. The van der Waals surface area contributed by atoms with Gasteiger partial charge in [-0.25, -0.2) is 17.2 Å². The normalized spacial score (nSPS) is 11.7. The first-order valence-corrected chi connectivity index (χ1v) is 9.83. The molecule has 0 aliphatic heterocycles. The van der Waals surface area contributed by atoms with Crippen LogP contribution < -0.4 is 15.2 Å². The number of nitrogens with zero attached hydrogens (tertiary/aromatic N) is 1. The third kappa shape index (κ3) is 5.89. The van der Waals surface area contributed by atoms with Gasteiger partial charge in [0.2, 0.25) is 10.0 Å². The molecule has 0 radical (unpaired) electrons. The second-order valence-corrected chi connectivity index (χ2v) is 7.87. The van der Waals surface area contributed by atoms with Gasteiger partial charge in [-0.2, -0.15) is 13.2 Å². The monoisotopic (exact) mass is 451 g/mol. The maximum absolute atomic E-state index is 14.4. The fourth-order valence-corrected chi connectivity index (χ4v) is 3.11. The van der Waals surface area contributed by atoms with Crippen LogP contribution in [0.5, 0.6) is 0 Å². The van der Waals surface area contributed by atoms with Crippen molar-refractivity contribution >= 4 is 27.5 Å². The van der Waals surface area contributed by atoms with Gasteiger partial charge < -0.3 is 0 Å².